The van der Waals surface area contributed by atoms with Gasteiger partial charge >= 0.3 is 0 Å². The Balaban J connectivity index is 1.74. The molecule has 0 unspecified atom stereocenters. The molecule has 126 valence electrons. The highest BCUT2D eigenvalue weighted by Gasteiger charge is 2.18. The van der Waals surface area contributed by atoms with E-state index < -0.39 is 10.0 Å². The van der Waals surface area contributed by atoms with Gasteiger partial charge in [-0.05, 0) is 43.7 Å². The number of nitrogens with zero attached hydrogens (tertiary/aromatic N) is 3. The molecule has 0 spiro atoms. The average Bonchev–Trinajstić information content (AvgIpc) is 3.25. The van der Waals surface area contributed by atoms with Gasteiger partial charge in [0.1, 0.15) is 5.69 Å². The summed E-state index contributed by atoms with van der Waals surface area (Å²) in [6, 6.07) is 7.26. The van der Waals surface area contributed by atoms with Crippen LogP contribution in [0, 0.1) is 0 Å². The van der Waals surface area contributed by atoms with E-state index in [1.807, 2.05) is 13.8 Å². The van der Waals surface area contributed by atoms with E-state index in [2.05, 4.69) is 14.7 Å². The molecule has 0 aliphatic carbocycles. The maximum Gasteiger partial charge on any atom is 0.259 e. The van der Waals surface area contributed by atoms with E-state index in [-0.39, 0.29) is 17.6 Å². The van der Waals surface area contributed by atoms with Gasteiger partial charge in [-0.1, -0.05) is 0 Å². The van der Waals surface area contributed by atoms with Crippen LogP contribution in [0.1, 0.15) is 25.5 Å². The lowest BCUT2D eigenvalue weighted by molar-refractivity contribution is 0.575. The minimum atomic E-state index is -3.66. The maximum atomic E-state index is 12.3. The highest BCUT2D eigenvalue weighted by Crippen LogP contribution is 2.18. The van der Waals surface area contributed by atoms with E-state index in [0.717, 1.165) is 5.56 Å². The van der Waals surface area contributed by atoms with Gasteiger partial charge in [0, 0.05) is 25.0 Å². The van der Waals surface area contributed by atoms with Gasteiger partial charge < -0.3 is 8.98 Å². The summed E-state index contributed by atoms with van der Waals surface area (Å²) < 4.78 is 34.3. The Morgan fingerprint density at radius 3 is 2.79 bits per heavy atom. The van der Waals surface area contributed by atoms with Gasteiger partial charge in [0.25, 0.3) is 10.0 Å². The third-order valence-corrected chi connectivity index (χ3v) is 4.80. The fourth-order valence-electron chi connectivity index (χ4n) is 2.13. The summed E-state index contributed by atoms with van der Waals surface area (Å²) in [5, 5.41) is 0.0107. The molecular formula is C16H18N4O3S. The molecule has 1 N–H and O–H groups in total. The fourth-order valence-corrected chi connectivity index (χ4v) is 3.09. The van der Waals surface area contributed by atoms with Crippen molar-refractivity contribution in [2.75, 3.05) is 0 Å². The molecule has 3 aromatic heterocycles. The van der Waals surface area contributed by atoms with E-state index in [1.54, 1.807) is 41.3 Å². The van der Waals surface area contributed by atoms with Gasteiger partial charge in [-0.2, -0.15) is 0 Å². The van der Waals surface area contributed by atoms with Gasteiger partial charge in [-0.15, -0.1) is 0 Å². The molecule has 3 rings (SSSR count). The number of hydrogen-bond acceptors (Lipinski definition) is 5. The van der Waals surface area contributed by atoms with E-state index in [0.29, 0.717) is 11.5 Å². The van der Waals surface area contributed by atoms with Gasteiger partial charge in [0.05, 0.1) is 12.6 Å². The zero-order valence-electron chi connectivity index (χ0n) is 13.4. The second-order valence-electron chi connectivity index (χ2n) is 5.60. The van der Waals surface area contributed by atoms with Crippen LogP contribution in [-0.4, -0.2) is 23.0 Å². The summed E-state index contributed by atoms with van der Waals surface area (Å²) in [4.78, 5) is 8.19. The number of hydrogen-bond donors (Lipinski definition) is 1. The molecule has 0 fully saturated rings. The lowest BCUT2D eigenvalue weighted by Gasteiger charge is -2.06. The van der Waals surface area contributed by atoms with Crippen molar-refractivity contribution in [1.29, 1.82) is 0 Å². The van der Waals surface area contributed by atoms with Gasteiger partial charge in [0.15, 0.2) is 10.8 Å². The first-order valence-corrected chi connectivity index (χ1v) is 8.96. The predicted octanol–water partition coefficient (Wildman–Crippen LogP) is 2.60. The van der Waals surface area contributed by atoms with Crippen LogP contribution in [0.25, 0.3) is 11.5 Å². The highest BCUT2D eigenvalue weighted by molar-refractivity contribution is 7.89. The SMILES string of the molecule is CC(C)n1cnc(S(=O)(=O)NCc2ccnc(-c3ccco3)c2)c1. The van der Waals surface area contributed by atoms with Crippen LogP contribution in [0.3, 0.4) is 0 Å². The number of rotatable bonds is 6. The van der Waals surface area contributed by atoms with Crippen molar-refractivity contribution in [3.05, 3.63) is 54.8 Å². The molecule has 0 atom stereocenters. The summed E-state index contributed by atoms with van der Waals surface area (Å²) in [7, 11) is -3.66. The topological polar surface area (TPSA) is 90.0 Å². The van der Waals surface area contributed by atoms with Crippen LogP contribution in [-0.2, 0) is 16.6 Å². The Kier molecular flexibility index (Phi) is 4.50. The largest absolute Gasteiger partial charge is 0.463 e. The number of aromatic nitrogens is 3. The summed E-state index contributed by atoms with van der Waals surface area (Å²) in [6.07, 6.45) is 6.22. The Labute approximate surface area is 140 Å². The molecule has 3 aromatic rings. The predicted molar refractivity (Wildman–Crippen MR) is 88.6 cm³/mol. The van der Waals surface area contributed by atoms with E-state index in [1.165, 1.54) is 12.5 Å². The van der Waals surface area contributed by atoms with Crippen LogP contribution in [0.2, 0.25) is 0 Å². The number of furan rings is 1. The fraction of sp³-hybridized carbons (Fsp3) is 0.250. The molecule has 3 heterocycles. The normalized spacial score (nSPS) is 12.0. The Morgan fingerprint density at radius 2 is 2.12 bits per heavy atom. The smallest absolute Gasteiger partial charge is 0.259 e. The lowest BCUT2D eigenvalue weighted by atomic mass is 10.2. The summed E-state index contributed by atoms with van der Waals surface area (Å²) in [6.45, 7) is 4.06. The van der Waals surface area contributed by atoms with E-state index in [9.17, 15) is 8.42 Å². The molecule has 24 heavy (non-hydrogen) atoms. The Hall–Kier alpha value is -2.45. The third-order valence-electron chi connectivity index (χ3n) is 3.51. The first kappa shape index (κ1) is 16.4. The minimum Gasteiger partial charge on any atom is -0.463 e. The van der Waals surface area contributed by atoms with Crippen molar-refractivity contribution in [3.63, 3.8) is 0 Å². The number of pyridine rings is 1. The average molecular weight is 346 g/mol. The quantitative estimate of drug-likeness (QED) is 0.741. The van der Waals surface area contributed by atoms with Crippen molar-refractivity contribution >= 4 is 10.0 Å². The summed E-state index contributed by atoms with van der Waals surface area (Å²) in [5.41, 5.74) is 1.43. The van der Waals surface area contributed by atoms with Crippen LogP contribution < -0.4 is 4.72 Å². The summed E-state index contributed by atoms with van der Waals surface area (Å²) >= 11 is 0. The molecule has 0 aliphatic rings. The van der Waals surface area contributed by atoms with E-state index >= 15 is 0 Å². The maximum absolute atomic E-state index is 12.3. The van der Waals surface area contributed by atoms with Crippen molar-refractivity contribution in [2.45, 2.75) is 31.5 Å². The Bertz CT molecular complexity index is 914. The zero-order valence-corrected chi connectivity index (χ0v) is 14.2. The monoisotopic (exact) mass is 346 g/mol. The Morgan fingerprint density at radius 1 is 1.29 bits per heavy atom. The molecule has 0 aromatic carbocycles. The standard InChI is InChI=1S/C16H18N4O3S/c1-12(2)20-10-16(18-11-20)24(21,22)19-9-13-5-6-17-14(8-13)15-4-3-7-23-15/h3-8,10-12,19H,9H2,1-2H3. The molecule has 7 nitrogen and oxygen atoms in total. The van der Waals surface area contributed by atoms with Crippen LogP contribution in [0.15, 0.2) is 58.7 Å². The first-order chi connectivity index (χ1) is 11.5. The van der Waals surface area contributed by atoms with Gasteiger partial charge in [0.2, 0.25) is 0 Å². The minimum absolute atomic E-state index is 0.0107. The van der Waals surface area contributed by atoms with Crippen LogP contribution in [0.4, 0.5) is 0 Å². The summed E-state index contributed by atoms with van der Waals surface area (Å²) in [5.74, 6) is 0.635. The van der Waals surface area contributed by atoms with Crippen molar-refractivity contribution in [2.24, 2.45) is 0 Å². The molecule has 0 saturated heterocycles. The molecule has 0 bridgehead atoms. The second kappa shape index (κ2) is 6.58. The van der Waals surface area contributed by atoms with Gasteiger partial charge in [-0.3, -0.25) is 4.98 Å². The molecule has 0 aliphatic heterocycles. The molecule has 8 heteroatoms. The second-order valence-corrected chi connectivity index (χ2v) is 7.32. The molecule has 0 radical (unpaired) electrons. The van der Waals surface area contributed by atoms with E-state index in [4.69, 9.17) is 4.42 Å². The number of nitrogens with one attached hydrogen (secondary N) is 1. The van der Waals surface area contributed by atoms with Crippen molar-refractivity contribution in [3.8, 4) is 11.5 Å². The van der Waals surface area contributed by atoms with Crippen LogP contribution >= 0.6 is 0 Å². The van der Waals surface area contributed by atoms with Crippen molar-refractivity contribution in [1.82, 2.24) is 19.3 Å². The zero-order chi connectivity index (χ0) is 17.2. The highest BCUT2D eigenvalue weighted by atomic mass is 32.2. The van der Waals surface area contributed by atoms with Crippen molar-refractivity contribution < 1.29 is 12.8 Å². The number of imidazole rings is 1. The molecule has 0 saturated carbocycles. The molecular weight excluding hydrogens is 328 g/mol. The molecule has 0 amide bonds. The number of sulfonamides is 1. The third kappa shape index (κ3) is 3.55. The lowest BCUT2D eigenvalue weighted by Crippen LogP contribution is -2.23. The van der Waals surface area contributed by atoms with Gasteiger partial charge in [-0.25, -0.2) is 18.1 Å². The van der Waals surface area contributed by atoms with Crippen LogP contribution in [0.5, 0.6) is 0 Å². The first-order valence-electron chi connectivity index (χ1n) is 7.47.